The van der Waals surface area contributed by atoms with Gasteiger partial charge in [0.05, 0.1) is 6.61 Å². The van der Waals surface area contributed by atoms with E-state index in [1.54, 1.807) is 0 Å². The molecule has 3 rings (SSSR count). The maximum Gasteiger partial charge on any atom is 0.224 e. The first-order chi connectivity index (χ1) is 9.79. The maximum absolute atomic E-state index is 12.2. The minimum atomic E-state index is 0.0503. The first-order valence-electron chi connectivity index (χ1n) is 7.24. The van der Waals surface area contributed by atoms with E-state index in [4.69, 9.17) is 5.11 Å². The molecule has 1 aliphatic carbocycles. The highest BCUT2D eigenvalue weighted by Gasteiger charge is 2.31. The lowest BCUT2D eigenvalue weighted by Crippen LogP contribution is -2.35. The molecule has 1 aliphatic rings. The highest BCUT2D eigenvalue weighted by molar-refractivity contribution is 5.80. The minimum absolute atomic E-state index is 0.0503. The average molecular weight is 272 g/mol. The highest BCUT2D eigenvalue weighted by Crippen LogP contribution is 2.27. The van der Waals surface area contributed by atoms with Crippen LogP contribution >= 0.6 is 0 Å². The molecule has 1 fully saturated rings. The van der Waals surface area contributed by atoms with Crippen molar-refractivity contribution in [3.05, 3.63) is 36.5 Å². The number of fused-ring (bicyclic) bond motifs is 1. The molecule has 0 saturated heterocycles. The fraction of sp³-hybridized carbons (Fsp3) is 0.438. The lowest BCUT2D eigenvalue weighted by molar-refractivity contribution is -0.132. The summed E-state index contributed by atoms with van der Waals surface area (Å²) in [5.74, 6) is 0.152. The Hall–Kier alpha value is -1.81. The fourth-order valence-electron chi connectivity index (χ4n) is 2.70. The van der Waals surface area contributed by atoms with Gasteiger partial charge in [0.25, 0.3) is 0 Å². The van der Waals surface area contributed by atoms with Crippen molar-refractivity contribution in [3.63, 3.8) is 0 Å². The molecule has 1 saturated carbocycles. The van der Waals surface area contributed by atoms with E-state index in [9.17, 15) is 4.79 Å². The van der Waals surface area contributed by atoms with Gasteiger partial charge in [-0.3, -0.25) is 4.79 Å². The molecule has 0 aliphatic heterocycles. The number of aliphatic hydroxyl groups is 1. The van der Waals surface area contributed by atoms with Crippen molar-refractivity contribution in [2.75, 3.05) is 13.2 Å². The summed E-state index contributed by atoms with van der Waals surface area (Å²) in [7, 11) is 0. The first-order valence-corrected chi connectivity index (χ1v) is 7.24. The summed E-state index contributed by atoms with van der Waals surface area (Å²) < 4.78 is 2.12. The SMILES string of the molecule is O=C(CCn1ccc2ccccc21)N(CCO)C1CC1. The third-order valence-electron chi connectivity index (χ3n) is 3.90. The third kappa shape index (κ3) is 2.70. The Morgan fingerprint density at radius 2 is 2.10 bits per heavy atom. The van der Waals surface area contributed by atoms with Gasteiger partial charge in [0.2, 0.25) is 5.91 Å². The molecule has 20 heavy (non-hydrogen) atoms. The van der Waals surface area contributed by atoms with Crippen molar-refractivity contribution < 1.29 is 9.90 Å². The van der Waals surface area contributed by atoms with Crippen LogP contribution in [0.1, 0.15) is 19.3 Å². The maximum atomic E-state index is 12.2. The van der Waals surface area contributed by atoms with Gasteiger partial charge in [0.15, 0.2) is 0 Å². The van der Waals surface area contributed by atoms with Crippen LogP contribution in [0.2, 0.25) is 0 Å². The number of carbonyl (C=O) groups excluding carboxylic acids is 1. The molecule has 0 radical (unpaired) electrons. The van der Waals surface area contributed by atoms with Gasteiger partial charge in [0.1, 0.15) is 0 Å². The standard InChI is InChI=1S/C16H20N2O2/c19-12-11-18(14-5-6-14)16(20)8-10-17-9-7-13-3-1-2-4-15(13)17/h1-4,7,9,14,19H,5-6,8,10-12H2. The quantitative estimate of drug-likeness (QED) is 0.874. The van der Waals surface area contributed by atoms with Crippen LogP contribution in [-0.4, -0.2) is 39.7 Å². The van der Waals surface area contributed by atoms with Crippen molar-refractivity contribution in [1.29, 1.82) is 0 Å². The van der Waals surface area contributed by atoms with Crippen molar-refractivity contribution in [2.45, 2.75) is 31.8 Å². The summed E-state index contributed by atoms with van der Waals surface area (Å²) >= 11 is 0. The van der Waals surface area contributed by atoms with Gasteiger partial charge in [-0.2, -0.15) is 0 Å². The number of para-hydroxylation sites is 1. The van der Waals surface area contributed by atoms with Crippen LogP contribution in [0.15, 0.2) is 36.5 Å². The van der Waals surface area contributed by atoms with Crippen LogP contribution in [0.5, 0.6) is 0 Å². The Morgan fingerprint density at radius 1 is 1.30 bits per heavy atom. The van der Waals surface area contributed by atoms with Crippen LogP contribution < -0.4 is 0 Å². The van der Waals surface area contributed by atoms with Gasteiger partial charge in [0, 0.05) is 37.3 Å². The predicted octanol–water partition coefficient (Wildman–Crippen LogP) is 2.01. The fourth-order valence-corrected chi connectivity index (χ4v) is 2.70. The summed E-state index contributed by atoms with van der Waals surface area (Å²) in [5.41, 5.74) is 1.17. The van der Waals surface area contributed by atoms with E-state index in [0.717, 1.165) is 12.8 Å². The Labute approximate surface area is 118 Å². The minimum Gasteiger partial charge on any atom is -0.395 e. The van der Waals surface area contributed by atoms with Gasteiger partial charge in [-0.05, 0) is 30.4 Å². The Kier molecular flexibility index (Phi) is 3.74. The number of aryl methyl sites for hydroxylation is 1. The Balaban J connectivity index is 1.65. The highest BCUT2D eigenvalue weighted by atomic mass is 16.3. The number of amides is 1. The van der Waals surface area contributed by atoms with Gasteiger partial charge < -0.3 is 14.6 Å². The average Bonchev–Trinajstić information content (AvgIpc) is 3.22. The number of rotatable bonds is 6. The zero-order valence-electron chi connectivity index (χ0n) is 11.5. The van der Waals surface area contributed by atoms with Crippen molar-refractivity contribution in [2.24, 2.45) is 0 Å². The zero-order chi connectivity index (χ0) is 13.9. The third-order valence-corrected chi connectivity index (χ3v) is 3.90. The number of nitrogens with zero attached hydrogens (tertiary/aromatic N) is 2. The topological polar surface area (TPSA) is 45.5 Å². The van der Waals surface area contributed by atoms with Gasteiger partial charge >= 0.3 is 0 Å². The molecule has 1 N–H and O–H groups in total. The normalized spacial score (nSPS) is 14.7. The molecule has 0 unspecified atom stereocenters. The van der Waals surface area contributed by atoms with E-state index in [2.05, 4.69) is 22.8 Å². The monoisotopic (exact) mass is 272 g/mol. The number of aromatic nitrogens is 1. The lowest BCUT2D eigenvalue weighted by Gasteiger charge is -2.21. The Morgan fingerprint density at radius 3 is 2.85 bits per heavy atom. The van der Waals surface area contributed by atoms with Crippen LogP contribution in [0, 0.1) is 0 Å². The molecule has 2 aromatic rings. The van der Waals surface area contributed by atoms with E-state index >= 15 is 0 Å². The smallest absolute Gasteiger partial charge is 0.224 e. The van der Waals surface area contributed by atoms with Crippen molar-refractivity contribution in [3.8, 4) is 0 Å². The van der Waals surface area contributed by atoms with Crippen LogP contribution in [0.4, 0.5) is 0 Å². The number of aliphatic hydroxyl groups excluding tert-OH is 1. The molecule has 1 heterocycles. The van der Waals surface area contributed by atoms with Gasteiger partial charge in [-0.25, -0.2) is 0 Å². The van der Waals surface area contributed by atoms with E-state index in [1.807, 2.05) is 23.2 Å². The van der Waals surface area contributed by atoms with Crippen molar-refractivity contribution in [1.82, 2.24) is 9.47 Å². The summed E-state index contributed by atoms with van der Waals surface area (Å²) in [4.78, 5) is 14.1. The molecule has 4 heteroatoms. The largest absolute Gasteiger partial charge is 0.395 e. The second-order valence-electron chi connectivity index (χ2n) is 5.36. The molecule has 1 aromatic heterocycles. The molecule has 0 spiro atoms. The van der Waals surface area contributed by atoms with E-state index < -0.39 is 0 Å². The summed E-state index contributed by atoms with van der Waals surface area (Å²) in [6.07, 6.45) is 4.69. The molecule has 0 bridgehead atoms. The molecule has 106 valence electrons. The van der Waals surface area contributed by atoms with E-state index in [-0.39, 0.29) is 12.5 Å². The summed E-state index contributed by atoms with van der Waals surface area (Å²) in [5, 5.41) is 10.3. The first kappa shape index (κ1) is 13.2. The molecule has 0 atom stereocenters. The number of carbonyl (C=O) groups is 1. The number of hydrogen-bond acceptors (Lipinski definition) is 2. The number of hydrogen-bond donors (Lipinski definition) is 1. The lowest BCUT2D eigenvalue weighted by atomic mass is 10.2. The summed E-state index contributed by atoms with van der Waals surface area (Å²) in [6.45, 7) is 1.21. The predicted molar refractivity (Wildman–Crippen MR) is 78.4 cm³/mol. The van der Waals surface area contributed by atoms with Crippen LogP contribution in [0.25, 0.3) is 10.9 Å². The molecule has 1 amide bonds. The number of benzene rings is 1. The van der Waals surface area contributed by atoms with Crippen LogP contribution in [0.3, 0.4) is 0 Å². The van der Waals surface area contributed by atoms with Crippen LogP contribution in [-0.2, 0) is 11.3 Å². The van der Waals surface area contributed by atoms with Gasteiger partial charge in [-0.15, -0.1) is 0 Å². The molecular formula is C16H20N2O2. The van der Waals surface area contributed by atoms with Crippen molar-refractivity contribution >= 4 is 16.8 Å². The Bertz CT molecular complexity index is 601. The zero-order valence-corrected chi connectivity index (χ0v) is 11.5. The second-order valence-corrected chi connectivity index (χ2v) is 5.36. The van der Waals surface area contributed by atoms with Gasteiger partial charge in [-0.1, -0.05) is 18.2 Å². The van der Waals surface area contributed by atoms with E-state index in [1.165, 1.54) is 10.9 Å². The molecule has 4 nitrogen and oxygen atoms in total. The molecular weight excluding hydrogens is 252 g/mol. The van der Waals surface area contributed by atoms with E-state index in [0.29, 0.717) is 25.6 Å². The second kappa shape index (κ2) is 5.67. The molecule has 1 aromatic carbocycles. The summed E-state index contributed by atoms with van der Waals surface area (Å²) in [6, 6.07) is 10.6.